The zero-order valence-electron chi connectivity index (χ0n) is 4.69. The monoisotopic (exact) mass is 100 g/mol. The summed E-state index contributed by atoms with van der Waals surface area (Å²) in [5.41, 5.74) is 0.167. The van der Waals surface area contributed by atoms with Gasteiger partial charge >= 0.3 is 6.40 Å². The Kier molecular flexibility index (Phi) is 0.805. The Bertz CT molecular complexity index is 96.3. The van der Waals surface area contributed by atoms with Gasteiger partial charge in [0, 0.05) is 13.8 Å². The molecule has 7 heavy (non-hydrogen) atoms. The smallest absolute Gasteiger partial charge is 0.322 e. The Labute approximate surface area is 43.2 Å². The average Bonchev–Trinajstić information content (AvgIpc) is 1.84. The maximum absolute atomic E-state index is 4.92. The van der Waals surface area contributed by atoms with Gasteiger partial charge in [0.25, 0.3) is 0 Å². The third kappa shape index (κ3) is 0.918. The molecule has 2 nitrogen and oxygen atoms in total. The van der Waals surface area contributed by atoms with Crippen molar-refractivity contribution in [3.63, 3.8) is 0 Å². The molecule has 0 amide bonds. The van der Waals surface area contributed by atoms with Crippen LogP contribution < -0.4 is 4.99 Å². The molecule has 0 spiro atoms. The topological polar surface area (TPSA) is 23.2 Å². The van der Waals surface area contributed by atoms with Crippen LogP contribution >= 0.6 is 0 Å². The summed E-state index contributed by atoms with van der Waals surface area (Å²) >= 11 is 0. The second kappa shape index (κ2) is 1.22. The summed E-state index contributed by atoms with van der Waals surface area (Å²) in [6.07, 6.45) is 1.64. The molecule has 1 aliphatic heterocycles. The molecule has 0 bridgehead atoms. The number of ether oxygens (including phenoxy) is 1. The lowest BCUT2D eigenvalue weighted by molar-refractivity contribution is -0.526. The van der Waals surface area contributed by atoms with Crippen LogP contribution in [0.15, 0.2) is 0 Å². The molecule has 0 aromatic carbocycles. The van der Waals surface area contributed by atoms with E-state index in [0.29, 0.717) is 0 Å². The van der Waals surface area contributed by atoms with Crippen LogP contribution in [-0.2, 0) is 4.74 Å². The highest BCUT2D eigenvalue weighted by molar-refractivity contribution is 5.39. The fourth-order valence-corrected chi connectivity index (χ4v) is 0.493. The number of nitrogens with one attached hydrogen (secondary N) is 1. The van der Waals surface area contributed by atoms with E-state index in [0.717, 1.165) is 6.61 Å². The van der Waals surface area contributed by atoms with Gasteiger partial charge in [0.15, 0.2) is 12.1 Å². The molecule has 0 aromatic heterocycles. The van der Waals surface area contributed by atoms with Crippen molar-refractivity contribution in [1.82, 2.24) is 0 Å². The average molecular weight is 100 g/mol. The molecule has 0 aliphatic carbocycles. The predicted molar refractivity (Wildman–Crippen MR) is 27.1 cm³/mol. The maximum Gasteiger partial charge on any atom is 0.322 e. The highest BCUT2D eigenvalue weighted by atomic mass is 16.5. The van der Waals surface area contributed by atoms with Gasteiger partial charge in [-0.15, -0.1) is 0 Å². The number of hydrogen-bond donors (Lipinski definition) is 1. The van der Waals surface area contributed by atoms with E-state index in [4.69, 9.17) is 4.74 Å². The molecular formula is C5H10NO+. The lowest BCUT2D eigenvalue weighted by Gasteiger charge is -2.01. The number of hydrogen-bond acceptors (Lipinski definition) is 1. The van der Waals surface area contributed by atoms with Crippen LogP contribution in [0.3, 0.4) is 0 Å². The first kappa shape index (κ1) is 4.62. The molecule has 0 radical (unpaired) electrons. The van der Waals surface area contributed by atoms with Crippen molar-refractivity contribution < 1.29 is 9.73 Å². The summed E-state index contributed by atoms with van der Waals surface area (Å²) < 4.78 is 4.92. The standard InChI is InChI=1S/C5H9NO/c1-5(2)3-7-4-6-5/h4H,3H2,1-2H3/p+1. The Morgan fingerprint density at radius 2 is 2.43 bits per heavy atom. The van der Waals surface area contributed by atoms with Gasteiger partial charge in [-0.3, -0.25) is 0 Å². The molecule has 0 saturated heterocycles. The molecule has 40 valence electrons. The van der Waals surface area contributed by atoms with Crippen molar-refractivity contribution in [2.24, 2.45) is 0 Å². The predicted octanol–water partition coefficient (Wildman–Crippen LogP) is -1.10. The third-order valence-corrected chi connectivity index (χ3v) is 0.977. The zero-order valence-corrected chi connectivity index (χ0v) is 4.69. The first-order valence-corrected chi connectivity index (χ1v) is 2.42. The third-order valence-electron chi connectivity index (χ3n) is 0.977. The van der Waals surface area contributed by atoms with Crippen LogP contribution in [0.25, 0.3) is 0 Å². The van der Waals surface area contributed by atoms with Crippen LogP contribution in [0, 0.1) is 0 Å². The van der Waals surface area contributed by atoms with Crippen molar-refractivity contribution in [3.05, 3.63) is 0 Å². The summed E-state index contributed by atoms with van der Waals surface area (Å²) in [6.45, 7) is 4.97. The molecule has 0 aromatic rings. The molecule has 0 unspecified atom stereocenters. The molecule has 0 atom stereocenters. The van der Waals surface area contributed by atoms with Crippen LogP contribution in [-0.4, -0.2) is 18.5 Å². The summed E-state index contributed by atoms with van der Waals surface area (Å²) in [5, 5.41) is 0. The van der Waals surface area contributed by atoms with E-state index >= 15 is 0 Å². The molecule has 0 fully saturated rings. The van der Waals surface area contributed by atoms with Gasteiger partial charge in [-0.05, 0) is 0 Å². The Morgan fingerprint density at radius 3 is 2.57 bits per heavy atom. The Balaban J connectivity index is 2.57. The summed E-state index contributed by atoms with van der Waals surface area (Å²) in [5.74, 6) is 0. The van der Waals surface area contributed by atoms with E-state index in [1.165, 1.54) is 0 Å². The quantitative estimate of drug-likeness (QED) is 0.410. The lowest BCUT2D eigenvalue weighted by Crippen LogP contribution is -2.80. The van der Waals surface area contributed by atoms with Crippen LogP contribution in [0.1, 0.15) is 13.8 Å². The molecule has 0 saturated carbocycles. The summed E-state index contributed by atoms with van der Waals surface area (Å²) in [4.78, 5) is 3.05. The Hall–Kier alpha value is -0.530. The molecule has 1 N–H and O–H groups in total. The Morgan fingerprint density at radius 1 is 1.71 bits per heavy atom. The fourth-order valence-electron chi connectivity index (χ4n) is 0.493. The van der Waals surface area contributed by atoms with E-state index in [9.17, 15) is 0 Å². The van der Waals surface area contributed by atoms with Crippen molar-refractivity contribution in [2.45, 2.75) is 19.4 Å². The van der Waals surface area contributed by atoms with E-state index in [1.54, 1.807) is 6.40 Å². The summed E-state index contributed by atoms with van der Waals surface area (Å²) in [6, 6.07) is 0. The lowest BCUT2D eigenvalue weighted by atomic mass is 10.1. The van der Waals surface area contributed by atoms with Crippen molar-refractivity contribution in [3.8, 4) is 0 Å². The van der Waals surface area contributed by atoms with Crippen LogP contribution in [0.5, 0.6) is 0 Å². The zero-order chi connectivity index (χ0) is 5.33. The largest absolute Gasteiger partial charge is 0.443 e. The van der Waals surface area contributed by atoms with Crippen molar-refractivity contribution in [2.75, 3.05) is 6.61 Å². The second-order valence-corrected chi connectivity index (χ2v) is 2.46. The minimum absolute atomic E-state index is 0.167. The van der Waals surface area contributed by atoms with Crippen molar-refractivity contribution in [1.29, 1.82) is 0 Å². The molecule has 1 rings (SSSR count). The minimum Gasteiger partial charge on any atom is -0.443 e. The molecule has 2 heteroatoms. The van der Waals surface area contributed by atoms with E-state index < -0.39 is 0 Å². The fraction of sp³-hybridized carbons (Fsp3) is 0.800. The normalized spacial score (nSPS) is 24.9. The SMILES string of the molecule is CC1(C)COC=[NH+]1. The highest BCUT2D eigenvalue weighted by Gasteiger charge is 2.26. The van der Waals surface area contributed by atoms with E-state index in [2.05, 4.69) is 18.8 Å². The van der Waals surface area contributed by atoms with Gasteiger partial charge in [-0.2, -0.15) is 0 Å². The van der Waals surface area contributed by atoms with Gasteiger partial charge in [0.05, 0.1) is 0 Å². The molecule has 1 heterocycles. The van der Waals surface area contributed by atoms with Gasteiger partial charge < -0.3 is 4.74 Å². The minimum atomic E-state index is 0.167. The molecular weight excluding hydrogens is 90.1 g/mol. The summed E-state index contributed by atoms with van der Waals surface area (Å²) in [7, 11) is 0. The first-order chi connectivity index (χ1) is 3.21. The van der Waals surface area contributed by atoms with Gasteiger partial charge in [0.2, 0.25) is 0 Å². The van der Waals surface area contributed by atoms with E-state index in [1.807, 2.05) is 0 Å². The maximum atomic E-state index is 4.92. The molecule has 1 aliphatic rings. The highest BCUT2D eigenvalue weighted by Crippen LogP contribution is 1.94. The van der Waals surface area contributed by atoms with Crippen LogP contribution in [0.2, 0.25) is 0 Å². The van der Waals surface area contributed by atoms with Gasteiger partial charge in [0.1, 0.15) is 0 Å². The van der Waals surface area contributed by atoms with Gasteiger partial charge in [-0.25, -0.2) is 4.99 Å². The van der Waals surface area contributed by atoms with Gasteiger partial charge in [-0.1, -0.05) is 0 Å². The first-order valence-electron chi connectivity index (χ1n) is 2.42. The van der Waals surface area contributed by atoms with Crippen molar-refractivity contribution >= 4 is 6.40 Å². The second-order valence-electron chi connectivity index (χ2n) is 2.46. The van der Waals surface area contributed by atoms with E-state index in [-0.39, 0.29) is 5.54 Å². The van der Waals surface area contributed by atoms with Crippen LogP contribution in [0.4, 0.5) is 0 Å². The number of rotatable bonds is 0.